The summed E-state index contributed by atoms with van der Waals surface area (Å²) in [5, 5.41) is 13.9. The standard InChI is InChI=1S/C26H38N2O5S/c1-20(2)17-28(34(31,32)26(3,4)5)18-24(29)23(16-21-12-8-6-9-13-21)27-25(30)33-19-22-14-10-7-11-15-22/h6-15,20,23-24,29H,16-19H2,1-5H3,(H,27,30)/t23?,24-/m1/s1. The zero-order valence-corrected chi connectivity index (χ0v) is 21.6. The number of rotatable bonds is 11. The number of hydrogen-bond donors (Lipinski definition) is 2. The molecule has 0 heterocycles. The smallest absolute Gasteiger partial charge is 0.407 e. The van der Waals surface area contributed by atoms with E-state index in [-0.39, 0.29) is 25.6 Å². The van der Waals surface area contributed by atoms with Gasteiger partial charge < -0.3 is 15.2 Å². The number of sulfonamides is 1. The maximum atomic E-state index is 13.2. The minimum atomic E-state index is -3.68. The highest BCUT2D eigenvalue weighted by Gasteiger charge is 2.37. The van der Waals surface area contributed by atoms with Crippen molar-refractivity contribution < 1.29 is 23.1 Å². The molecule has 0 aromatic heterocycles. The molecule has 0 aliphatic heterocycles. The van der Waals surface area contributed by atoms with Crippen LogP contribution in [0.4, 0.5) is 4.79 Å². The highest BCUT2D eigenvalue weighted by molar-refractivity contribution is 7.90. The Hall–Kier alpha value is -2.42. The Kier molecular flexibility index (Phi) is 10.1. The second kappa shape index (κ2) is 12.3. The molecule has 34 heavy (non-hydrogen) atoms. The predicted molar refractivity (Wildman–Crippen MR) is 135 cm³/mol. The largest absolute Gasteiger partial charge is 0.445 e. The summed E-state index contributed by atoms with van der Waals surface area (Å²) in [5.74, 6) is 0.0701. The summed E-state index contributed by atoms with van der Waals surface area (Å²) >= 11 is 0. The van der Waals surface area contributed by atoms with Crippen LogP contribution in [0.25, 0.3) is 0 Å². The van der Waals surface area contributed by atoms with Gasteiger partial charge in [-0.05, 0) is 44.2 Å². The van der Waals surface area contributed by atoms with Crippen LogP contribution >= 0.6 is 0 Å². The fourth-order valence-electron chi connectivity index (χ4n) is 3.47. The molecular weight excluding hydrogens is 452 g/mol. The first kappa shape index (κ1) is 27.8. The lowest BCUT2D eigenvalue weighted by Gasteiger charge is -2.34. The van der Waals surface area contributed by atoms with Crippen molar-refractivity contribution in [2.24, 2.45) is 5.92 Å². The van der Waals surface area contributed by atoms with E-state index in [4.69, 9.17) is 4.74 Å². The lowest BCUT2D eigenvalue weighted by molar-refractivity contribution is 0.0869. The quantitative estimate of drug-likeness (QED) is 0.497. The average molecular weight is 491 g/mol. The van der Waals surface area contributed by atoms with Crippen LogP contribution in [0.3, 0.4) is 0 Å². The summed E-state index contributed by atoms with van der Waals surface area (Å²) < 4.78 is 32.0. The van der Waals surface area contributed by atoms with Gasteiger partial charge in [-0.3, -0.25) is 0 Å². The number of nitrogens with one attached hydrogen (secondary N) is 1. The Labute approximate surface area is 204 Å². The van der Waals surface area contributed by atoms with Crippen LogP contribution in [0.1, 0.15) is 45.7 Å². The van der Waals surface area contributed by atoms with E-state index in [2.05, 4.69) is 5.32 Å². The van der Waals surface area contributed by atoms with E-state index in [1.807, 2.05) is 74.5 Å². The van der Waals surface area contributed by atoms with Crippen LogP contribution in [0.15, 0.2) is 60.7 Å². The van der Waals surface area contributed by atoms with Gasteiger partial charge in [-0.1, -0.05) is 74.5 Å². The first-order chi connectivity index (χ1) is 15.9. The molecule has 0 radical (unpaired) electrons. The summed E-state index contributed by atoms with van der Waals surface area (Å²) in [7, 11) is -3.68. The van der Waals surface area contributed by atoms with Gasteiger partial charge in [-0.2, -0.15) is 4.31 Å². The van der Waals surface area contributed by atoms with Crippen LogP contribution in [0, 0.1) is 5.92 Å². The highest BCUT2D eigenvalue weighted by atomic mass is 32.2. The normalized spacial score (nSPS) is 14.1. The molecule has 0 aliphatic carbocycles. The van der Waals surface area contributed by atoms with Crippen molar-refractivity contribution in [1.29, 1.82) is 0 Å². The molecule has 1 unspecified atom stereocenters. The first-order valence-corrected chi connectivity index (χ1v) is 13.0. The molecule has 7 nitrogen and oxygen atoms in total. The third-order valence-electron chi connectivity index (χ3n) is 5.35. The van der Waals surface area contributed by atoms with Crippen LogP contribution < -0.4 is 5.32 Å². The molecule has 2 rings (SSSR count). The Morgan fingerprint density at radius 3 is 2.00 bits per heavy atom. The highest BCUT2D eigenvalue weighted by Crippen LogP contribution is 2.22. The van der Waals surface area contributed by atoms with E-state index in [0.717, 1.165) is 11.1 Å². The van der Waals surface area contributed by atoms with Gasteiger partial charge in [0, 0.05) is 13.1 Å². The molecule has 0 aliphatic rings. The number of nitrogens with zero attached hydrogens (tertiary/aromatic N) is 1. The molecule has 1 amide bonds. The van der Waals surface area contributed by atoms with Crippen molar-refractivity contribution in [2.45, 2.75) is 64.5 Å². The van der Waals surface area contributed by atoms with Gasteiger partial charge in [0.05, 0.1) is 16.9 Å². The molecule has 8 heteroatoms. The van der Waals surface area contributed by atoms with Gasteiger partial charge in [0.1, 0.15) is 6.61 Å². The Bertz CT molecular complexity index is 989. The van der Waals surface area contributed by atoms with E-state index in [1.165, 1.54) is 4.31 Å². The molecule has 0 bridgehead atoms. The molecule has 2 aromatic rings. The minimum Gasteiger partial charge on any atom is -0.445 e. The number of carbonyl (C=O) groups excluding carboxylic acids is 1. The van der Waals surface area contributed by atoms with Gasteiger partial charge in [-0.25, -0.2) is 13.2 Å². The SMILES string of the molecule is CC(C)CN(C[C@@H](O)C(Cc1ccccc1)NC(=O)OCc1ccccc1)S(=O)(=O)C(C)(C)C. The number of ether oxygens (including phenoxy) is 1. The van der Waals surface area contributed by atoms with E-state index >= 15 is 0 Å². The molecule has 2 atom stereocenters. The minimum absolute atomic E-state index is 0.0701. The molecule has 0 fully saturated rings. The van der Waals surface area contributed by atoms with E-state index in [9.17, 15) is 18.3 Å². The number of aliphatic hydroxyl groups excluding tert-OH is 1. The summed E-state index contributed by atoms with van der Waals surface area (Å²) in [6.07, 6.45) is -1.48. The number of hydrogen-bond acceptors (Lipinski definition) is 5. The van der Waals surface area contributed by atoms with Crippen LogP contribution in [0.5, 0.6) is 0 Å². The monoisotopic (exact) mass is 490 g/mol. The van der Waals surface area contributed by atoms with Crippen molar-refractivity contribution in [3.05, 3.63) is 71.8 Å². The summed E-state index contributed by atoms with van der Waals surface area (Å²) in [6.45, 7) is 9.02. The molecule has 0 spiro atoms. The topological polar surface area (TPSA) is 95.9 Å². The second-order valence-corrected chi connectivity index (χ2v) is 12.6. The molecule has 2 aromatic carbocycles. The maximum absolute atomic E-state index is 13.2. The van der Waals surface area contributed by atoms with Crippen molar-refractivity contribution in [2.75, 3.05) is 13.1 Å². The van der Waals surface area contributed by atoms with Crippen LogP contribution in [-0.2, 0) is 27.8 Å². The molecule has 0 saturated heterocycles. The van der Waals surface area contributed by atoms with Crippen molar-refractivity contribution in [3.63, 3.8) is 0 Å². The molecule has 2 N–H and O–H groups in total. The zero-order chi connectivity index (χ0) is 25.4. The summed E-state index contributed by atoms with van der Waals surface area (Å²) in [6, 6.07) is 18.0. The van der Waals surface area contributed by atoms with E-state index in [0.29, 0.717) is 6.42 Å². The lowest BCUT2D eigenvalue weighted by Crippen LogP contribution is -2.53. The van der Waals surface area contributed by atoms with Gasteiger partial charge in [-0.15, -0.1) is 0 Å². The third-order valence-corrected chi connectivity index (χ3v) is 7.88. The fraction of sp³-hybridized carbons (Fsp3) is 0.500. The molecule has 188 valence electrons. The molecule has 0 saturated carbocycles. The van der Waals surface area contributed by atoms with Gasteiger partial charge in [0.25, 0.3) is 0 Å². The summed E-state index contributed by atoms with van der Waals surface area (Å²) in [4.78, 5) is 12.6. The number of aliphatic hydroxyl groups is 1. The number of amides is 1. The third kappa shape index (κ3) is 8.42. The van der Waals surface area contributed by atoms with Gasteiger partial charge in [0.2, 0.25) is 10.0 Å². The Balaban J connectivity index is 2.19. The lowest BCUT2D eigenvalue weighted by atomic mass is 10.0. The van der Waals surface area contributed by atoms with Crippen LogP contribution in [-0.4, -0.2) is 53.9 Å². The van der Waals surface area contributed by atoms with Crippen LogP contribution in [0.2, 0.25) is 0 Å². The van der Waals surface area contributed by atoms with Crippen molar-refractivity contribution in [1.82, 2.24) is 9.62 Å². The molecular formula is C26H38N2O5S. The Morgan fingerprint density at radius 2 is 1.50 bits per heavy atom. The predicted octanol–water partition coefficient (Wildman–Crippen LogP) is 3.97. The van der Waals surface area contributed by atoms with E-state index in [1.54, 1.807) is 20.8 Å². The van der Waals surface area contributed by atoms with Gasteiger partial charge >= 0.3 is 6.09 Å². The fourth-order valence-corrected chi connectivity index (χ4v) is 5.09. The average Bonchev–Trinajstić information content (AvgIpc) is 2.77. The first-order valence-electron chi connectivity index (χ1n) is 11.6. The zero-order valence-electron chi connectivity index (χ0n) is 20.8. The number of benzene rings is 2. The maximum Gasteiger partial charge on any atom is 0.407 e. The second-order valence-electron chi connectivity index (χ2n) is 9.90. The van der Waals surface area contributed by atoms with Crippen molar-refractivity contribution in [3.8, 4) is 0 Å². The Morgan fingerprint density at radius 1 is 0.971 bits per heavy atom. The number of alkyl carbamates (subject to hydrolysis) is 1. The summed E-state index contributed by atoms with van der Waals surface area (Å²) in [5.41, 5.74) is 1.75. The van der Waals surface area contributed by atoms with E-state index < -0.39 is 33.0 Å². The van der Waals surface area contributed by atoms with Crippen molar-refractivity contribution >= 4 is 16.1 Å². The van der Waals surface area contributed by atoms with Gasteiger partial charge in [0.15, 0.2) is 0 Å². The number of carbonyl (C=O) groups is 1.